The van der Waals surface area contributed by atoms with Gasteiger partial charge in [0.2, 0.25) is 0 Å². The number of nitro benzene ring substituents is 1. The second kappa shape index (κ2) is 9.05. The van der Waals surface area contributed by atoms with Crippen LogP contribution in [0.3, 0.4) is 0 Å². The van der Waals surface area contributed by atoms with Gasteiger partial charge in [-0.15, -0.1) is 0 Å². The topological polar surface area (TPSA) is 113 Å². The molecule has 0 aliphatic rings. The van der Waals surface area contributed by atoms with Crippen LogP contribution in [0.2, 0.25) is 0 Å². The van der Waals surface area contributed by atoms with Crippen LogP contribution in [0.5, 0.6) is 0 Å². The zero-order valence-corrected chi connectivity index (χ0v) is 17.1. The van der Waals surface area contributed by atoms with Crippen molar-refractivity contribution in [1.29, 1.82) is 0 Å². The van der Waals surface area contributed by atoms with Crippen molar-refractivity contribution < 1.29 is 9.72 Å². The Morgan fingerprint density at radius 3 is 2.34 bits per heavy atom. The second-order valence-corrected chi connectivity index (χ2v) is 7.06. The van der Waals surface area contributed by atoms with Crippen molar-refractivity contribution in [2.24, 2.45) is 5.10 Å². The lowest BCUT2D eigenvalue weighted by Crippen LogP contribution is -2.19. The molecule has 0 saturated heterocycles. The third-order valence-corrected chi connectivity index (χ3v) is 4.91. The number of hydrogen-bond acceptors (Lipinski definition) is 5. The number of amides is 1. The maximum absolute atomic E-state index is 12.4. The maximum Gasteiger partial charge on any atom is 0.289 e. The van der Waals surface area contributed by atoms with Crippen LogP contribution in [-0.2, 0) is 0 Å². The van der Waals surface area contributed by atoms with Gasteiger partial charge in [-0.05, 0) is 29.7 Å². The largest absolute Gasteiger partial charge is 0.289 e. The quantitative estimate of drug-likeness (QED) is 0.262. The molecule has 1 aromatic heterocycles. The number of nitro groups is 1. The Hall–Kier alpha value is -4.59. The highest BCUT2D eigenvalue weighted by Gasteiger charge is 2.13. The molecule has 0 aliphatic carbocycles. The summed E-state index contributed by atoms with van der Waals surface area (Å²) >= 11 is 0. The van der Waals surface area contributed by atoms with Gasteiger partial charge in [0.25, 0.3) is 11.6 Å². The first-order valence-corrected chi connectivity index (χ1v) is 9.82. The van der Waals surface area contributed by atoms with Gasteiger partial charge in [0.15, 0.2) is 0 Å². The average molecular weight is 425 g/mol. The van der Waals surface area contributed by atoms with Gasteiger partial charge < -0.3 is 0 Å². The monoisotopic (exact) mass is 425 g/mol. The first-order valence-electron chi connectivity index (χ1n) is 9.82. The van der Waals surface area contributed by atoms with E-state index in [0.29, 0.717) is 17.0 Å². The summed E-state index contributed by atoms with van der Waals surface area (Å²) in [5.41, 5.74) is 7.37. The fourth-order valence-electron chi connectivity index (χ4n) is 3.16. The summed E-state index contributed by atoms with van der Waals surface area (Å²) in [5.74, 6) is -0.463. The minimum atomic E-state index is -0.479. The van der Waals surface area contributed by atoms with Crippen LogP contribution in [0.4, 0.5) is 5.69 Å². The molecule has 8 nitrogen and oxygen atoms in total. The van der Waals surface area contributed by atoms with Crippen LogP contribution in [0.15, 0.2) is 90.0 Å². The number of rotatable bonds is 6. The molecule has 3 aromatic carbocycles. The number of aromatic nitrogens is 2. The smallest absolute Gasteiger partial charge is 0.272 e. The van der Waals surface area contributed by atoms with Crippen LogP contribution in [-0.4, -0.2) is 26.7 Å². The SMILES string of the molecule is C/C(=N/NC(=O)c1cc(-c2cccc([N+](=O)[O-])c2)n[nH]1)c1ccc(-c2ccccc2)cc1. The molecule has 158 valence electrons. The highest BCUT2D eigenvalue weighted by Crippen LogP contribution is 2.23. The van der Waals surface area contributed by atoms with E-state index >= 15 is 0 Å². The van der Waals surface area contributed by atoms with Crippen molar-refractivity contribution in [2.45, 2.75) is 6.92 Å². The average Bonchev–Trinajstić information content (AvgIpc) is 3.34. The predicted octanol–water partition coefficient (Wildman–Crippen LogP) is 4.81. The van der Waals surface area contributed by atoms with Crippen molar-refractivity contribution >= 4 is 17.3 Å². The van der Waals surface area contributed by atoms with Gasteiger partial charge in [-0.2, -0.15) is 10.2 Å². The van der Waals surface area contributed by atoms with Crippen LogP contribution < -0.4 is 5.43 Å². The second-order valence-electron chi connectivity index (χ2n) is 7.06. The Morgan fingerprint density at radius 2 is 1.62 bits per heavy atom. The first kappa shape index (κ1) is 20.7. The summed E-state index contributed by atoms with van der Waals surface area (Å²) in [6.45, 7) is 1.80. The van der Waals surface area contributed by atoms with Gasteiger partial charge in [0, 0.05) is 17.7 Å². The Bertz CT molecular complexity index is 1290. The molecule has 4 aromatic rings. The summed E-state index contributed by atoms with van der Waals surface area (Å²) in [5, 5.41) is 21.8. The Kier molecular flexibility index (Phi) is 5.85. The van der Waals surface area contributed by atoms with Crippen LogP contribution in [0.1, 0.15) is 23.0 Å². The number of benzene rings is 3. The number of carbonyl (C=O) groups excluding carboxylic acids is 1. The highest BCUT2D eigenvalue weighted by atomic mass is 16.6. The molecular formula is C24H19N5O3. The molecule has 0 bridgehead atoms. The number of hydrogen-bond donors (Lipinski definition) is 2. The van der Waals surface area contributed by atoms with E-state index < -0.39 is 10.8 Å². The lowest BCUT2D eigenvalue weighted by molar-refractivity contribution is -0.384. The summed E-state index contributed by atoms with van der Waals surface area (Å²) in [4.78, 5) is 22.9. The van der Waals surface area contributed by atoms with E-state index in [4.69, 9.17) is 0 Å². The van der Waals surface area contributed by atoms with E-state index in [2.05, 4.69) is 20.7 Å². The number of carbonyl (C=O) groups is 1. The normalized spacial score (nSPS) is 11.2. The Morgan fingerprint density at radius 1 is 0.938 bits per heavy atom. The standard InChI is InChI=1S/C24H19N5O3/c1-16(17-10-12-19(13-11-17)18-6-3-2-4-7-18)25-28-24(30)23-15-22(26-27-23)20-8-5-9-21(14-20)29(31)32/h2-15H,1H3,(H,26,27)(H,28,30)/b25-16-. The summed E-state index contributed by atoms with van der Waals surface area (Å²) in [6.07, 6.45) is 0. The number of non-ortho nitro benzene ring substituents is 1. The highest BCUT2D eigenvalue weighted by molar-refractivity contribution is 6.01. The van der Waals surface area contributed by atoms with E-state index in [9.17, 15) is 14.9 Å². The maximum atomic E-state index is 12.4. The van der Waals surface area contributed by atoms with E-state index in [1.165, 1.54) is 18.2 Å². The van der Waals surface area contributed by atoms with E-state index in [1.807, 2.05) is 54.6 Å². The zero-order chi connectivity index (χ0) is 22.5. The lowest BCUT2D eigenvalue weighted by atomic mass is 10.0. The van der Waals surface area contributed by atoms with Crippen LogP contribution in [0.25, 0.3) is 22.4 Å². The predicted molar refractivity (Wildman–Crippen MR) is 122 cm³/mol. The van der Waals surface area contributed by atoms with Gasteiger partial charge in [-0.3, -0.25) is 20.0 Å². The van der Waals surface area contributed by atoms with Crippen molar-refractivity contribution in [3.05, 3.63) is 106 Å². The zero-order valence-electron chi connectivity index (χ0n) is 17.1. The molecule has 0 fully saturated rings. The van der Waals surface area contributed by atoms with Crippen molar-refractivity contribution in [2.75, 3.05) is 0 Å². The first-order chi connectivity index (χ1) is 15.5. The molecule has 2 N–H and O–H groups in total. The number of nitrogens with one attached hydrogen (secondary N) is 2. The van der Waals surface area contributed by atoms with E-state index in [-0.39, 0.29) is 11.4 Å². The molecule has 0 unspecified atom stereocenters. The van der Waals surface area contributed by atoms with E-state index in [1.54, 1.807) is 19.1 Å². The fourth-order valence-corrected chi connectivity index (χ4v) is 3.16. The third-order valence-electron chi connectivity index (χ3n) is 4.91. The Balaban J connectivity index is 1.44. The molecule has 0 saturated carbocycles. The third kappa shape index (κ3) is 4.59. The molecular weight excluding hydrogens is 406 g/mol. The van der Waals surface area contributed by atoms with Crippen molar-refractivity contribution in [1.82, 2.24) is 15.6 Å². The van der Waals surface area contributed by atoms with Gasteiger partial charge in [0.05, 0.1) is 16.3 Å². The van der Waals surface area contributed by atoms with Gasteiger partial charge in [0.1, 0.15) is 5.69 Å². The van der Waals surface area contributed by atoms with Crippen molar-refractivity contribution in [3.8, 4) is 22.4 Å². The van der Waals surface area contributed by atoms with Gasteiger partial charge in [-0.25, -0.2) is 5.43 Å². The minimum Gasteiger partial charge on any atom is -0.272 e. The summed E-state index contributed by atoms with van der Waals surface area (Å²) in [7, 11) is 0. The molecule has 1 heterocycles. The number of nitrogens with zero attached hydrogens (tertiary/aromatic N) is 3. The Labute approximate surface area is 183 Å². The van der Waals surface area contributed by atoms with E-state index in [0.717, 1.165) is 16.7 Å². The lowest BCUT2D eigenvalue weighted by Gasteiger charge is -2.05. The van der Waals surface area contributed by atoms with Gasteiger partial charge in [-0.1, -0.05) is 66.7 Å². The number of H-pyrrole nitrogens is 1. The molecule has 0 spiro atoms. The molecule has 32 heavy (non-hydrogen) atoms. The molecule has 0 atom stereocenters. The molecule has 1 amide bonds. The number of hydrazone groups is 1. The van der Waals surface area contributed by atoms with Crippen molar-refractivity contribution in [3.63, 3.8) is 0 Å². The minimum absolute atomic E-state index is 0.0463. The summed E-state index contributed by atoms with van der Waals surface area (Å²) in [6, 6.07) is 25.5. The number of aromatic amines is 1. The molecule has 8 heteroatoms. The molecule has 4 rings (SSSR count). The molecule has 0 aliphatic heterocycles. The fraction of sp³-hybridized carbons (Fsp3) is 0.0417. The van der Waals surface area contributed by atoms with Crippen LogP contribution >= 0.6 is 0 Å². The van der Waals surface area contributed by atoms with Gasteiger partial charge >= 0.3 is 0 Å². The molecule has 0 radical (unpaired) electrons. The summed E-state index contributed by atoms with van der Waals surface area (Å²) < 4.78 is 0. The van der Waals surface area contributed by atoms with Crippen LogP contribution in [0, 0.1) is 10.1 Å².